The lowest BCUT2D eigenvalue weighted by atomic mass is 10.1. The summed E-state index contributed by atoms with van der Waals surface area (Å²) in [6.07, 6.45) is 51.1. The van der Waals surface area contributed by atoms with Gasteiger partial charge in [0, 0.05) is 0 Å². The van der Waals surface area contributed by atoms with Crippen LogP contribution in [0.5, 0.6) is 0 Å². The molecule has 0 saturated heterocycles. The van der Waals surface area contributed by atoms with Crippen LogP contribution in [-0.2, 0) is 0 Å². The van der Waals surface area contributed by atoms with Gasteiger partial charge in [0.2, 0.25) is 0 Å². The summed E-state index contributed by atoms with van der Waals surface area (Å²) in [5.74, 6) is 0. The van der Waals surface area contributed by atoms with Gasteiger partial charge in [-0.1, -0.05) is 154 Å². The third-order valence-corrected chi connectivity index (χ3v) is 9.36. The molecule has 0 aromatic carbocycles. The van der Waals surface area contributed by atoms with Crippen LogP contribution in [0.4, 0.5) is 0 Å². The summed E-state index contributed by atoms with van der Waals surface area (Å²) in [4.78, 5) is 2.77. The zero-order valence-electron chi connectivity index (χ0n) is 31.3. The smallest absolute Gasteiger partial charge is 0.000664 e. The van der Waals surface area contributed by atoms with Gasteiger partial charge in [0.25, 0.3) is 0 Å². The molecule has 3 heteroatoms. The zero-order chi connectivity index (χ0) is 32.6. The number of rotatable bonds is 39. The third kappa shape index (κ3) is 39.5. The van der Waals surface area contributed by atoms with Crippen LogP contribution < -0.4 is 11.1 Å². The van der Waals surface area contributed by atoms with Gasteiger partial charge in [-0.05, 0) is 116 Å². The van der Waals surface area contributed by atoms with Crippen molar-refractivity contribution in [2.75, 3.05) is 39.3 Å². The number of nitrogens with zero attached hydrogens (tertiary/aromatic N) is 1. The second-order valence-corrected chi connectivity index (χ2v) is 14.0. The topological polar surface area (TPSA) is 41.3 Å². The molecule has 0 unspecified atom stereocenters. The fourth-order valence-corrected chi connectivity index (χ4v) is 6.28. The third-order valence-electron chi connectivity index (χ3n) is 9.36. The first-order valence-corrected chi connectivity index (χ1v) is 20.8. The molecule has 0 fully saturated rings. The van der Waals surface area contributed by atoms with Gasteiger partial charge in [-0.2, -0.15) is 0 Å². The van der Waals surface area contributed by atoms with Crippen molar-refractivity contribution in [3.8, 4) is 0 Å². The Labute approximate surface area is 285 Å². The molecule has 0 atom stereocenters. The SMILES string of the molecule is CCCCCCCC/C=C/CCCCCCCCN(CCCCCCC/C=C/CCCCCCCCC)CCCNCCCN. The van der Waals surface area contributed by atoms with Crippen LogP contribution in [0.1, 0.15) is 206 Å². The lowest BCUT2D eigenvalue weighted by Gasteiger charge is -2.22. The predicted molar refractivity (Wildman–Crippen MR) is 207 cm³/mol. The Morgan fingerprint density at radius 2 is 0.689 bits per heavy atom. The summed E-state index contributed by atoms with van der Waals surface area (Å²) in [5, 5.41) is 3.57. The molecule has 3 nitrogen and oxygen atoms in total. The molecule has 0 aromatic rings. The zero-order valence-corrected chi connectivity index (χ0v) is 31.3. The van der Waals surface area contributed by atoms with E-state index < -0.39 is 0 Å². The van der Waals surface area contributed by atoms with Crippen LogP contribution >= 0.6 is 0 Å². The molecule has 0 radical (unpaired) electrons. The van der Waals surface area contributed by atoms with E-state index in [9.17, 15) is 0 Å². The molecule has 268 valence electrons. The van der Waals surface area contributed by atoms with Crippen LogP contribution in [0.3, 0.4) is 0 Å². The largest absolute Gasteiger partial charge is 0.330 e. The molecule has 0 aliphatic heterocycles. The minimum Gasteiger partial charge on any atom is -0.330 e. The Bertz CT molecular complexity index is 572. The predicted octanol–water partition coefficient (Wildman–Crippen LogP) is 12.7. The van der Waals surface area contributed by atoms with Crippen LogP contribution in [0.2, 0.25) is 0 Å². The Balaban J connectivity index is 3.81. The van der Waals surface area contributed by atoms with Crippen molar-refractivity contribution in [3.63, 3.8) is 0 Å². The van der Waals surface area contributed by atoms with Crippen molar-refractivity contribution in [2.45, 2.75) is 206 Å². The van der Waals surface area contributed by atoms with E-state index in [4.69, 9.17) is 5.73 Å². The molecular weight excluding hydrogens is 546 g/mol. The Morgan fingerprint density at radius 3 is 1.07 bits per heavy atom. The van der Waals surface area contributed by atoms with Gasteiger partial charge in [0.05, 0.1) is 0 Å². The molecule has 0 aliphatic carbocycles. The highest BCUT2D eigenvalue weighted by molar-refractivity contribution is 4.82. The second kappa shape index (κ2) is 41.4. The van der Waals surface area contributed by atoms with E-state index in [1.807, 2.05) is 0 Å². The summed E-state index contributed by atoms with van der Waals surface area (Å²) in [6.45, 7) is 11.4. The Kier molecular flexibility index (Phi) is 40.8. The van der Waals surface area contributed by atoms with Gasteiger partial charge < -0.3 is 16.0 Å². The normalized spacial score (nSPS) is 12.1. The van der Waals surface area contributed by atoms with Gasteiger partial charge in [-0.25, -0.2) is 0 Å². The fourth-order valence-electron chi connectivity index (χ4n) is 6.28. The molecule has 0 saturated carbocycles. The quantitative estimate of drug-likeness (QED) is 0.0524. The van der Waals surface area contributed by atoms with Crippen LogP contribution in [0.25, 0.3) is 0 Å². The van der Waals surface area contributed by atoms with Crippen LogP contribution in [0.15, 0.2) is 24.3 Å². The summed E-state index contributed by atoms with van der Waals surface area (Å²) in [5.41, 5.74) is 5.64. The molecular formula is C42H85N3. The van der Waals surface area contributed by atoms with E-state index in [1.165, 1.54) is 206 Å². The average molecular weight is 632 g/mol. The molecule has 0 spiro atoms. The maximum Gasteiger partial charge on any atom is -0.000664 e. The van der Waals surface area contributed by atoms with Crippen molar-refractivity contribution < 1.29 is 0 Å². The summed E-state index contributed by atoms with van der Waals surface area (Å²) < 4.78 is 0. The number of nitrogens with two attached hydrogens (primary N) is 1. The molecule has 3 N–H and O–H groups in total. The number of unbranched alkanes of at least 4 members (excludes halogenated alkanes) is 24. The molecule has 0 aromatic heterocycles. The lowest BCUT2D eigenvalue weighted by molar-refractivity contribution is 0.256. The van der Waals surface area contributed by atoms with Crippen LogP contribution in [-0.4, -0.2) is 44.2 Å². The van der Waals surface area contributed by atoms with E-state index in [2.05, 4.69) is 48.4 Å². The molecule has 0 aliphatic rings. The van der Waals surface area contributed by atoms with Crippen molar-refractivity contribution in [3.05, 3.63) is 24.3 Å². The van der Waals surface area contributed by atoms with Gasteiger partial charge >= 0.3 is 0 Å². The highest BCUT2D eigenvalue weighted by Crippen LogP contribution is 2.13. The Morgan fingerprint density at radius 1 is 0.378 bits per heavy atom. The molecule has 0 rings (SSSR count). The number of nitrogens with one attached hydrogen (secondary N) is 1. The summed E-state index contributed by atoms with van der Waals surface area (Å²) in [6, 6.07) is 0. The molecule has 45 heavy (non-hydrogen) atoms. The highest BCUT2D eigenvalue weighted by Gasteiger charge is 2.05. The van der Waals surface area contributed by atoms with E-state index in [-0.39, 0.29) is 0 Å². The van der Waals surface area contributed by atoms with Crippen molar-refractivity contribution in [1.29, 1.82) is 0 Å². The first kappa shape index (κ1) is 44.4. The Hall–Kier alpha value is -0.640. The van der Waals surface area contributed by atoms with Gasteiger partial charge in [-0.15, -0.1) is 0 Å². The molecule has 0 amide bonds. The monoisotopic (exact) mass is 632 g/mol. The van der Waals surface area contributed by atoms with E-state index in [0.717, 1.165) is 26.1 Å². The second-order valence-electron chi connectivity index (χ2n) is 14.0. The maximum absolute atomic E-state index is 5.64. The van der Waals surface area contributed by atoms with Crippen molar-refractivity contribution >= 4 is 0 Å². The minimum absolute atomic E-state index is 0.796. The van der Waals surface area contributed by atoms with Gasteiger partial charge in [0.15, 0.2) is 0 Å². The fraction of sp³-hybridized carbons (Fsp3) is 0.905. The maximum atomic E-state index is 5.64. The highest BCUT2D eigenvalue weighted by atomic mass is 15.1. The van der Waals surface area contributed by atoms with Gasteiger partial charge in [-0.3, -0.25) is 0 Å². The van der Waals surface area contributed by atoms with Crippen molar-refractivity contribution in [1.82, 2.24) is 10.2 Å². The number of hydrogen-bond donors (Lipinski definition) is 2. The number of hydrogen-bond acceptors (Lipinski definition) is 3. The molecule has 0 heterocycles. The first-order chi connectivity index (χ1) is 22.3. The first-order valence-electron chi connectivity index (χ1n) is 20.8. The average Bonchev–Trinajstić information content (AvgIpc) is 3.05. The minimum atomic E-state index is 0.796. The van der Waals surface area contributed by atoms with E-state index in [0.29, 0.717) is 0 Å². The summed E-state index contributed by atoms with van der Waals surface area (Å²) in [7, 11) is 0. The van der Waals surface area contributed by atoms with E-state index in [1.54, 1.807) is 0 Å². The van der Waals surface area contributed by atoms with Crippen molar-refractivity contribution in [2.24, 2.45) is 5.73 Å². The lowest BCUT2D eigenvalue weighted by Crippen LogP contribution is -2.30. The standard InChI is InChI=1S/C42H85N3/c1-3-5-7-9-11-13-15-17-19-21-23-25-27-29-31-33-40-45(42-36-39-44-38-35-37-43)41-34-32-30-28-26-24-22-20-18-16-14-12-10-8-6-4-2/h17,19-20,22,44H,3-16,18,21,23-43H2,1-2H3/b19-17+,22-20+. The van der Waals surface area contributed by atoms with E-state index >= 15 is 0 Å². The van der Waals surface area contributed by atoms with Crippen LogP contribution in [0, 0.1) is 0 Å². The van der Waals surface area contributed by atoms with Gasteiger partial charge in [0.1, 0.15) is 0 Å². The molecule has 0 bridgehead atoms. The number of allylic oxidation sites excluding steroid dienone is 4. The summed E-state index contributed by atoms with van der Waals surface area (Å²) >= 11 is 0.